The predicted octanol–water partition coefficient (Wildman–Crippen LogP) is 3.85. The second-order valence-electron chi connectivity index (χ2n) is 7.99. The summed E-state index contributed by atoms with van der Waals surface area (Å²) in [4.78, 5) is 23.4. The molecule has 3 rings (SSSR count). The highest BCUT2D eigenvalue weighted by Crippen LogP contribution is 2.43. The van der Waals surface area contributed by atoms with Gasteiger partial charge in [-0.05, 0) is 43.7 Å². The Hall–Kier alpha value is -3.19. The van der Waals surface area contributed by atoms with Crippen LogP contribution in [0.2, 0.25) is 0 Å². The summed E-state index contributed by atoms with van der Waals surface area (Å²) in [5, 5.41) is 12.1. The molecule has 9 nitrogen and oxygen atoms in total. The molecular formula is C22H23F3N2O7S. The summed E-state index contributed by atoms with van der Waals surface area (Å²) in [6.45, 7) is 3.02. The summed E-state index contributed by atoms with van der Waals surface area (Å²) in [5.74, 6) is -2.31. The minimum Gasteiger partial charge on any atom is -0.466 e. The second-order valence-corrected chi connectivity index (χ2v) is 9.89. The van der Waals surface area contributed by atoms with Gasteiger partial charge in [-0.1, -0.05) is 29.8 Å². The number of nitro groups is 1. The van der Waals surface area contributed by atoms with E-state index in [2.05, 4.69) is 4.74 Å². The molecule has 0 amide bonds. The number of esters is 1. The van der Waals surface area contributed by atoms with Crippen LogP contribution < -0.4 is 4.74 Å². The third-order valence-corrected chi connectivity index (χ3v) is 7.45. The average molecular weight is 516 g/mol. The first-order valence-corrected chi connectivity index (χ1v) is 12.0. The van der Waals surface area contributed by atoms with Crippen molar-refractivity contribution in [2.75, 3.05) is 13.2 Å². The van der Waals surface area contributed by atoms with E-state index in [4.69, 9.17) is 4.74 Å². The molecule has 2 aromatic carbocycles. The van der Waals surface area contributed by atoms with Gasteiger partial charge in [0, 0.05) is 11.5 Å². The molecule has 0 saturated carbocycles. The molecule has 1 aliphatic rings. The lowest BCUT2D eigenvalue weighted by Crippen LogP contribution is -2.36. The van der Waals surface area contributed by atoms with E-state index in [1.165, 1.54) is 12.1 Å². The van der Waals surface area contributed by atoms with Gasteiger partial charge in [-0.25, -0.2) is 8.42 Å². The SMILES string of the molecule is CCOC(=O)C[C@H]1CN(S(=O)(=O)c2ccc(C)cc2)[C@@H](c2ccc(OC(F)(F)F)cc2)[C@@H]1[N+](=O)[O-]. The number of nitrogens with zero attached hydrogens (tertiary/aromatic N) is 2. The smallest absolute Gasteiger partial charge is 0.466 e. The van der Waals surface area contributed by atoms with Gasteiger partial charge in [0.15, 0.2) is 0 Å². The summed E-state index contributed by atoms with van der Waals surface area (Å²) in [6, 6.07) is 7.14. The van der Waals surface area contributed by atoms with Crippen molar-refractivity contribution in [3.05, 3.63) is 69.8 Å². The van der Waals surface area contributed by atoms with E-state index in [-0.39, 0.29) is 23.6 Å². The fraction of sp³-hybridized carbons (Fsp3) is 0.409. The summed E-state index contributed by atoms with van der Waals surface area (Å²) < 4.78 is 74.3. The van der Waals surface area contributed by atoms with Gasteiger partial charge in [0.05, 0.1) is 23.8 Å². The van der Waals surface area contributed by atoms with Gasteiger partial charge >= 0.3 is 12.3 Å². The number of rotatable bonds is 8. The molecule has 0 aliphatic carbocycles. The highest BCUT2D eigenvalue weighted by atomic mass is 32.2. The van der Waals surface area contributed by atoms with E-state index in [0.717, 1.165) is 34.1 Å². The van der Waals surface area contributed by atoms with Crippen LogP contribution in [0.15, 0.2) is 53.4 Å². The monoisotopic (exact) mass is 516 g/mol. The van der Waals surface area contributed by atoms with E-state index >= 15 is 0 Å². The van der Waals surface area contributed by atoms with Gasteiger partial charge < -0.3 is 9.47 Å². The van der Waals surface area contributed by atoms with E-state index in [1.807, 2.05) is 0 Å². The Morgan fingerprint density at radius 1 is 1.14 bits per heavy atom. The van der Waals surface area contributed by atoms with Crippen LogP contribution in [-0.2, 0) is 19.6 Å². The van der Waals surface area contributed by atoms with Crippen molar-refractivity contribution in [2.24, 2.45) is 5.92 Å². The first-order chi connectivity index (χ1) is 16.3. The third kappa shape index (κ3) is 6.09. The third-order valence-electron chi connectivity index (χ3n) is 5.59. The van der Waals surface area contributed by atoms with E-state index < -0.39 is 57.5 Å². The van der Waals surface area contributed by atoms with Crippen LogP contribution in [0, 0.1) is 23.0 Å². The van der Waals surface area contributed by atoms with Crippen LogP contribution in [0.1, 0.15) is 30.5 Å². The number of carbonyl (C=O) groups is 1. The Bertz CT molecular complexity index is 1170. The largest absolute Gasteiger partial charge is 0.573 e. The molecular weight excluding hydrogens is 493 g/mol. The standard InChI is InChI=1S/C22H23F3N2O7S/c1-3-33-19(28)12-16-13-26(35(31,32)18-10-4-14(2)5-11-18)20(21(16)27(29)30)15-6-8-17(9-7-15)34-22(23,24)25/h4-11,16,20-21H,3,12-13H2,1-2H3/t16-,20-,21+/m0/s1. The van der Waals surface area contributed by atoms with E-state index in [0.29, 0.717) is 0 Å². The van der Waals surface area contributed by atoms with Crippen LogP contribution in [0.3, 0.4) is 0 Å². The van der Waals surface area contributed by atoms with Crippen LogP contribution in [0.4, 0.5) is 13.2 Å². The maximum Gasteiger partial charge on any atom is 0.573 e. The van der Waals surface area contributed by atoms with Crippen molar-refractivity contribution in [3.63, 3.8) is 0 Å². The van der Waals surface area contributed by atoms with Gasteiger partial charge in [0.2, 0.25) is 16.1 Å². The molecule has 0 spiro atoms. The number of alkyl halides is 3. The Morgan fingerprint density at radius 2 is 1.74 bits per heavy atom. The summed E-state index contributed by atoms with van der Waals surface area (Å²) >= 11 is 0. The molecule has 1 aliphatic heterocycles. The summed E-state index contributed by atoms with van der Waals surface area (Å²) in [5.41, 5.74) is 0.883. The molecule has 0 N–H and O–H groups in total. The van der Waals surface area contributed by atoms with Crippen LogP contribution >= 0.6 is 0 Å². The van der Waals surface area contributed by atoms with Crippen molar-refractivity contribution < 1.29 is 40.8 Å². The van der Waals surface area contributed by atoms with Crippen molar-refractivity contribution in [1.82, 2.24) is 4.31 Å². The maximum atomic E-state index is 13.5. The topological polar surface area (TPSA) is 116 Å². The molecule has 2 aromatic rings. The number of hydrogen-bond acceptors (Lipinski definition) is 7. The quantitative estimate of drug-likeness (QED) is 0.297. The zero-order valence-corrected chi connectivity index (χ0v) is 19.6. The number of halogens is 3. The van der Waals surface area contributed by atoms with Crippen molar-refractivity contribution in [3.8, 4) is 5.75 Å². The molecule has 1 saturated heterocycles. The molecule has 35 heavy (non-hydrogen) atoms. The zero-order chi connectivity index (χ0) is 26.0. The number of benzene rings is 2. The van der Waals surface area contributed by atoms with Crippen molar-refractivity contribution in [2.45, 2.75) is 43.6 Å². The Kier molecular flexibility index (Phi) is 7.70. The lowest BCUT2D eigenvalue weighted by molar-refractivity contribution is -0.532. The average Bonchev–Trinajstić information content (AvgIpc) is 3.13. The van der Waals surface area contributed by atoms with Crippen LogP contribution in [-0.4, -0.2) is 49.2 Å². The molecule has 190 valence electrons. The van der Waals surface area contributed by atoms with Crippen molar-refractivity contribution in [1.29, 1.82) is 0 Å². The molecule has 0 unspecified atom stereocenters. The molecule has 3 atom stereocenters. The highest BCUT2D eigenvalue weighted by molar-refractivity contribution is 7.89. The molecule has 0 radical (unpaired) electrons. The Labute approximate surface area is 199 Å². The fourth-order valence-electron chi connectivity index (χ4n) is 4.11. The summed E-state index contributed by atoms with van der Waals surface area (Å²) in [7, 11) is -4.27. The highest BCUT2D eigenvalue weighted by Gasteiger charge is 2.55. The lowest BCUT2D eigenvalue weighted by atomic mass is 9.92. The first kappa shape index (κ1) is 26.4. The van der Waals surface area contributed by atoms with Gasteiger partial charge in [0.25, 0.3) is 0 Å². The number of aryl methyl sites for hydroxylation is 1. The van der Waals surface area contributed by atoms with Gasteiger partial charge in [0.1, 0.15) is 11.8 Å². The normalized spacial score (nSPS) is 21.0. The second kappa shape index (κ2) is 10.2. The minimum absolute atomic E-state index is 0.0458. The van der Waals surface area contributed by atoms with Crippen molar-refractivity contribution >= 4 is 16.0 Å². The zero-order valence-electron chi connectivity index (χ0n) is 18.8. The van der Waals surface area contributed by atoms with E-state index in [9.17, 15) is 36.5 Å². The maximum absolute atomic E-state index is 13.5. The van der Waals surface area contributed by atoms with Gasteiger partial charge in [-0.3, -0.25) is 14.9 Å². The lowest BCUT2D eigenvalue weighted by Gasteiger charge is -2.25. The number of ether oxygens (including phenoxy) is 2. The molecule has 13 heteroatoms. The number of sulfonamides is 1. The van der Waals surface area contributed by atoms with Crippen LogP contribution in [0.25, 0.3) is 0 Å². The Balaban J connectivity index is 2.07. The van der Waals surface area contributed by atoms with Gasteiger partial charge in [-0.2, -0.15) is 4.31 Å². The molecule has 0 bridgehead atoms. The molecule has 0 aromatic heterocycles. The molecule has 1 fully saturated rings. The van der Waals surface area contributed by atoms with E-state index in [1.54, 1.807) is 26.0 Å². The van der Waals surface area contributed by atoms with Crippen LogP contribution in [0.5, 0.6) is 5.75 Å². The fourth-order valence-corrected chi connectivity index (χ4v) is 5.79. The minimum atomic E-state index is -4.94. The predicted molar refractivity (Wildman–Crippen MR) is 116 cm³/mol. The number of hydrogen-bond donors (Lipinski definition) is 0. The first-order valence-electron chi connectivity index (χ1n) is 10.6. The Morgan fingerprint density at radius 3 is 2.26 bits per heavy atom. The van der Waals surface area contributed by atoms with Gasteiger partial charge in [-0.15, -0.1) is 13.2 Å². The molecule has 1 heterocycles. The summed E-state index contributed by atoms with van der Waals surface area (Å²) in [6.07, 6.45) is -5.34. The number of carbonyl (C=O) groups excluding carboxylic acids is 1.